The van der Waals surface area contributed by atoms with Crippen LogP contribution in [0.25, 0.3) is 5.76 Å². The van der Waals surface area contributed by atoms with Crippen molar-refractivity contribution in [3.05, 3.63) is 98.2 Å². The smallest absolute Gasteiger partial charge is 0.300 e. The molecule has 0 aromatic heterocycles. The van der Waals surface area contributed by atoms with Crippen molar-refractivity contribution >= 4 is 57.9 Å². The fraction of sp³-hybridized carbons (Fsp3) is 0.0833. The van der Waals surface area contributed by atoms with E-state index in [-0.39, 0.29) is 37.6 Å². The Kier molecular flexibility index (Phi) is 6.34. The van der Waals surface area contributed by atoms with Crippen LogP contribution in [0.3, 0.4) is 0 Å². The molecule has 1 heterocycles. The Morgan fingerprint density at radius 1 is 0.970 bits per heavy atom. The average Bonchev–Trinajstić information content (AvgIpc) is 3.06. The SMILES string of the molecule is COc1c(Cl)cc(/C(O)=C2\C(=O)C(=O)N(c3ccc(F)c(Cl)c3)C2c2ccccc2)cc1Cl. The van der Waals surface area contributed by atoms with Gasteiger partial charge in [0.15, 0.2) is 5.75 Å². The molecule has 3 aromatic carbocycles. The molecule has 5 nitrogen and oxygen atoms in total. The number of anilines is 1. The van der Waals surface area contributed by atoms with E-state index in [1.54, 1.807) is 30.3 Å². The van der Waals surface area contributed by atoms with Crippen LogP contribution in [0.5, 0.6) is 5.75 Å². The van der Waals surface area contributed by atoms with Crippen molar-refractivity contribution in [2.45, 2.75) is 6.04 Å². The van der Waals surface area contributed by atoms with E-state index in [1.165, 1.54) is 36.3 Å². The number of hydrogen-bond donors (Lipinski definition) is 1. The highest BCUT2D eigenvalue weighted by Gasteiger charge is 2.47. The molecule has 0 radical (unpaired) electrons. The lowest BCUT2D eigenvalue weighted by atomic mass is 9.95. The lowest BCUT2D eigenvalue weighted by molar-refractivity contribution is -0.132. The second-order valence-electron chi connectivity index (χ2n) is 7.15. The summed E-state index contributed by atoms with van der Waals surface area (Å²) in [5.74, 6) is -2.76. The van der Waals surface area contributed by atoms with Crippen LogP contribution in [0, 0.1) is 5.82 Å². The second-order valence-corrected chi connectivity index (χ2v) is 8.37. The Morgan fingerprint density at radius 2 is 1.61 bits per heavy atom. The molecule has 9 heteroatoms. The zero-order valence-corrected chi connectivity index (χ0v) is 19.2. The topological polar surface area (TPSA) is 66.8 Å². The van der Waals surface area contributed by atoms with Gasteiger partial charge in [-0.2, -0.15) is 0 Å². The van der Waals surface area contributed by atoms with Gasteiger partial charge < -0.3 is 9.84 Å². The number of ketones is 1. The lowest BCUT2D eigenvalue weighted by Crippen LogP contribution is -2.29. The number of amides is 1. The second kappa shape index (κ2) is 9.06. The Balaban J connectivity index is 1.96. The number of rotatable bonds is 4. The Labute approximate surface area is 203 Å². The van der Waals surface area contributed by atoms with Gasteiger partial charge in [-0.25, -0.2) is 4.39 Å². The molecule has 1 N–H and O–H groups in total. The number of carbonyl (C=O) groups is 2. The highest BCUT2D eigenvalue weighted by atomic mass is 35.5. The highest BCUT2D eigenvalue weighted by molar-refractivity contribution is 6.52. The first-order valence-electron chi connectivity index (χ1n) is 9.59. The molecule has 0 bridgehead atoms. The van der Waals surface area contributed by atoms with Gasteiger partial charge in [0.2, 0.25) is 0 Å². The fourth-order valence-electron chi connectivity index (χ4n) is 3.73. The summed E-state index contributed by atoms with van der Waals surface area (Å²) >= 11 is 18.3. The number of halogens is 4. The number of Topliss-reactive ketones (excluding diaryl/α,β-unsaturated/α-hetero) is 1. The Morgan fingerprint density at radius 3 is 2.18 bits per heavy atom. The Hall–Kier alpha value is -3.06. The van der Waals surface area contributed by atoms with Crippen LogP contribution in [-0.2, 0) is 9.59 Å². The van der Waals surface area contributed by atoms with Crippen molar-refractivity contribution in [2.24, 2.45) is 0 Å². The maximum atomic E-state index is 13.8. The molecule has 3 aromatic rings. The van der Waals surface area contributed by atoms with Crippen molar-refractivity contribution in [1.82, 2.24) is 0 Å². The number of aliphatic hydroxyl groups is 1. The van der Waals surface area contributed by atoms with Crippen molar-refractivity contribution in [2.75, 3.05) is 12.0 Å². The number of ether oxygens (including phenoxy) is 1. The van der Waals surface area contributed by atoms with E-state index in [9.17, 15) is 19.1 Å². The van der Waals surface area contributed by atoms with Gasteiger partial charge in [0, 0.05) is 11.3 Å². The maximum Gasteiger partial charge on any atom is 0.300 e. The summed E-state index contributed by atoms with van der Waals surface area (Å²) < 4.78 is 18.9. The summed E-state index contributed by atoms with van der Waals surface area (Å²) in [6.45, 7) is 0. The van der Waals surface area contributed by atoms with E-state index in [1.807, 2.05) is 0 Å². The first-order chi connectivity index (χ1) is 15.7. The number of aliphatic hydroxyl groups excluding tert-OH is 1. The van der Waals surface area contributed by atoms with E-state index in [0.29, 0.717) is 5.56 Å². The fourth-order valence-corrected chi connectivity index (χ4v) is 4.55. The van der Waals surface area contributed by atoms with Crippen molar-refractivity contribution in [1.29, 1.82) is 0 Å². The number of hydrogen-bond acceptors (Lipinski definition) is 4. The van der Waals surface area contributed by atoms with Gasteiger partial charge in [0.25, 0.3) is 11.7 Å². The van der Waals surface area contributed by atoms with Crippen LogP contribution in [0.2, 0.25) is 15.1 Å². The van der Waals surface area contributed by atoms with Crippen molar-refractivity contribution < 1.29 is 23.8 Å². The van der Waals surface area contributed by atoms with Crippen LogP contribution in [0.4, 0.5) is 10.1 Å². The quantitative estimate of drug-likeness (QED) is 0.252. The van der Waals surface area contributed by atoms with Crippen LogP contribution in [0.1, 0.15) is 17.2 Å². The monoisotopic (exact) mass is 505 g/mol. The van der Waals surface area contributed by atoms with Gasteiger partial charge in [0.05, 0.1) is 33.8 Å². The molecule has 1 saturated heterocycles. The number of methoxy groups -OCH3 is 1. The molecule has 1 unspecified atom stereocenters. The molecular weight excluding hydrogens is 492 g/mol. The molecule has 1 aliphatic heterocycles. The predicted octanol–water partition coefficient (Wildman–Crippen LogP) is 6.42. The van der Waals surface area contributed by atoms with Crippen LogP contribution >= 0.6 is 34.8 Å². The van der Waals surface area contributed by atoms with E-state index in [0.717, 1.165) is 6.07 Å². The molecule has 1 atom stereocenters. The molecule has 0 saturated carbocycles. The van der Waals surface area contributed by atoms with Gasteiger partial charge in [-0.1, -0.05) is 65.1 Å². The van der Waals surface area contributed by atoms with Gasteiger partial charge in [-0.15, -0.1) is 0 Å². The third-order valence-electron chi connectivity index (χ3n) is 5.22. The summed E-state index contributed by atoms with van der Waals surface area (Å²) in [7, 11) is 1.39. The third-order valence-corrected chi connectivity index (χ3v) is 6.07. The standard InChI is InChI=1S/C24H15Cl3FNO4/c1-33-23-16(26)9-13(10-17(23)27)21(30)19-20(12-5-3-2-4-6-12)29(24(32)22(19)31)14-7-8-18(28)15(25)11-14/h2-11,20,30H,1H3/b21-19+. The molecular formula is C24H15Cl3FNO4. The summed E-state index contributed by atoms with van der Waals surface area (Å²) in [5.41, 5.74) is 0.692. The maximum absolute atomic E-state index is 13.8. The lowest BCUT2D eigenvalue weighted by Gasteiger charge is -2.25. The average molecular weight is 507 g/mol. The van der Waals surface area contributed by atoms with Crippen LogP contribution in [-0.4, -0.2) is 23.9 Å². The Bertz CT molecular complexity index is 1290. The summed E-state index contributed by atoms with van der Waals surface area (Å²) in [6, 6.07) is 14.1. The van der Waals surface area contributed by atoms with Gasteiger partial charge >= 0.3 is 0 Å². The third kappa shape index (κ3) is 4.06. The first-order valence-corrected chi connectivity index (χ1v) is 10.7. The molecule has 4 rings (SSSR count). The minimum atomic E-state index is -1.01. The van der Waals surface area contributed by atoms with Gasteiger partial charge in [0.1, 0.15) is 11.6 Å². The van der Waals surface area contributed by atoms with E-state index in [4.69, 9.17) is 39.5 Å². The largest absolute Gasteiger partial charge is 0.507 e. The zero-order valence-electron chi connectivity index (χ0n) is 17.0. The molecule has 0 aliphatic carbocycles. The highest BCUT2D eigenvalue weighted by Crippen LogP contribution is 2.44. The number of benzene rings is 3. The predicted molar refractivity (Wildman–Crippen MR) is 126 cm³/mol. The molecule has 33 heavy (non-hydrogen) atoms. The molecule has 0 spiro atoms. The first kappa shape index (κ1) is 23.1. The van der Waals surface area contributed by atoms with Crippen molar-refractivity contribution in [3.63, 3.8) is 0 Å². The van der Waals surface area contributed by atoms with Crippen LogP contribution in [0.15, 0.2) is 66.2 Å². The number of carbonyl (C=O) groups excluding carboxylic acids is 2. The molecule has 1 aliphatic rings. The molecule has 1 amide bonds. The molecule has 1 fully saturated rings. The minimum Gasteiger partial charge on any atom is -0.507 e. The summed E-state index contributed by atoms with van der Waals surface area (Å²) in [6.07, 6.45) is 0. The van der Waals surface area contributed by atoms with E-state index >= 15 is 0 Å². The van der Waals surface area contributed by atoms with Gasteiger partial charge in [-0.05, 0) is 35.9 Å². The normalized spacial score (nSPS) is 17.5. The van der Waals surface area contributed by atoms with E-state index < -0.39 is 29.3 Å². The van der Waals surface area contributed by atoms with Gasteiger partial charge in [-0.3, -0.25) is 14.5 Å². The van der Waals surface area contributed by atoms with Crippen molar-refractivity contribution in [3.8, 4) is 5.75 Å². The zero-order chi connectivity index (χ0) is 23.9. The minimum absolute atomic E-state index is 0.113. The number of nitrogens with zero attached hydrogens (tertiary/aromatic N) is 1. The molecule has 168 valence electrons. The summed E-state index contributed by atoms with van der Waals surface area (Å²) in [4.78, 5) is 27.4. The van der Waals surface area contributed by atoms with E-state index in [2.05, 4.69) is 0 Å². The summed E-state index contributed by atoms with van der Waals surface area (Å²) in [5, 5.41) is 11.2. The van der Waals surface area contributed by atoms with Crippen LogP contribution < -0.4 is 9.64 Å².